The van der Waals surface area contributed by atoms with Crippen LogP contribution in [0, 0.1) is 0 Å². The fraction of sp³-hybridized carbons (Fsp3) is 0.0545. The molecule has 0 saturated carbocycles. The van der Waals surface area contributed by atoms with Gasteiger partial charge in [0.05, 0.1) is 11.4 Å². The summed E-state index contributed by atoms with van der Waals surface area (Å²) in [5.74, 6) is 0.683. The highest BCUT2D eigenvalue weighted by Gasteiger charge is 2.36. The van der Waals surface area contributed by atoms with E-state index in [9.17, 15) is 0 Å². The molecule has 0 amide bonds. The van der Waals surface area contributed by atoms with E-state index in [1.165, 1.54) is 33.4 Å². The molecule has 8 aromatic carbocycles. The molecular weight excluding hydrogens is 705 g/mol. The van der Waals surface area contributed by atoms with Gasteiger partial charge in [-0.2, -0.15) is 0 Å². The van der Waals surface area contributed by atoms with Crippen molar-refractivity contribution in [3.05, 3.63) is 205 Å². The van der Waals surface area contributed by atoms with Crippen LogP contribution in [0.15, 0.2) is 199 Å². The van der Waals surface area contributed by atoms with Crippen molar-refractivity contribution in [3.8, 4) is 78.4 Å². The van der Waals surface area contributed by atoms with E-state index >= 15 is 0 Å². The van der Waals surface area contributed by atoms with Crippen molar-refractivity contribution < 1.29 is 4.42 Å². The lowest BCUT2D eigenvalue weighted by Crippen LogP contribution is -2.14. The molecule has 58 heavy (non-hydrogen) atoms. The highest BCUT2D eigenvalue weighted by Crippen LogP contribution is 2.52. The number of rotatable bonds is 6. The van der Waals surface area contributed by atoms with Gasteiger partial charge >= 0.3 is 0 Å². The second-order valence-corrected chi connectivity index (χ2v) is 15.7. The van der Waals surface area contributed by atoms with Gasteiger partial charge < -0.3 is 4.42 Å². The summed E-state index contributed by atoms with van der Waals surface area (Å²) < 4.78 is 6.55. The second kappa shape index (κ2) is 13.4. The van der Waals surface area contributed by atoms with E-state index < -0.39 is 0 Å². The number of para-hydroxylation sites is 2. The molecule has 0 N–H and O–H groups in total. The molecule has 2 aromatic heterocycles. The first-order valence-electron chi connectivity index (χ1n) is 19.9. The average Bonchev–Trinajstić information content (AvgIpc) is 3.79. The Labute approximate surface area is 338 Å². The van der Waals surface area contributed by atoms with Crippen molar-refractivity contribution >= 4 is 21.9 Å². The molecule has 0 aliphatic heterocycles. The predicted octanol–water partition coefficient (Wildman–Crippen LogP) is 14.7. The van der Waals surface area contributed by atoms with Crippen LogP contribution in [0.1, 0.15) is 25.0 Å². The number of fused-ring (bicyclic) bond motifs is 6. The Morgan fingerprint density at radius 1 is 0.379 bits per heavy atom. The topological polar surface area (TPSA) is 38.9 Å². The fourth-order valence-electron chi connectivity index (χ4n) is 8.98. The Morgan fingerprint density at radius 2 is 0.948 bits per heavy atom. The lowest BCUT2D eigenvalue weighted by atomic mass is 9.82. The normalized spacial score (nSPS) is 12.8. The average molecular weight is 743 g/mol. The van der Waals surface area contributed by atoms with E-state index in [-0.39, 0.29) is 5.41 Å². The van der Waals surface area contributed by atoms with Gasteiger partial charge in [-0.05, 0) is 80.4 Å². The Hall–Kier alpha value is -7.36. The first-order valence-corrected chi connectivity index (χ1v) is 19.9. The second-order valence-electron chi connectivity index (χ2n) is 15.7. The first-order chi connectivity index (χ1) is 28.5. The zero-order valence-electron chi connectivity index (χ0n) is 32.3. The molecular formula is C55H38N2O. The van der Waals surface area contributed by atoms with E-state index in [0.29, 0.717) is 5.82 Å². The summed E-state index contributed by atoms with van der Waals surface area (Å²) in [5, 5.41) is 2.22. The Kier molecular flexibility index (Phi) is 7.84. The van der Waals surface area contributed by atoms with Gasteiger partial charge in [-0.15, -0.1) is 0 Å². The molecule has 0 atom stereocenters. The van der Waals surface area contributed by atoms with Crippen molar-refractivity contribution in [2.75, 3.05) is 0 Å². The summed E-state index contributed by atoms with van der Waals surface area (Å²) in [4.78, 5) is 10.5. The Balaban J connectivity index is 1.07. The molecule has 0 spiro atoms. The van der Waals surface area contributed by atoms with Gasteiger partial charge in [0.15, 0.2) is 5.82 Å². The lowest BCUT2D eigenvalue weighted by Gasteiger charge is -2.21. The number of nitrogens with zero attached hydrogens (tertiary/aromatic N) is 2. The Bertz CT molecular complexity index is 3180. The molecule has 0 radical (unpaired) electrons. The van der Waals surface area contributed by atoms with Crippen LogP contribution in [0.5, 0.6) is 0 Å². The number of aromatic nitrogens is 2. The smallest absolute Gasteiger partial charge is 0.160 e. The quantitative estimate of drug-likeness (QED) is 0.170. The molecule has 1 aliphatic rings. The molecule has 0 unspecified atom stereocenters. The van der Waals surface area contributed by atoms with Crippen LogP contribution in [0.3, 0.4) is 0 Å². The minimum atomic E-state index is -0.0522. The number of hydrogen-bond acceptors (Lipinski definition) is 3. The maximum absolute atomic E-state index is 6.55. The summed E-state index contributed by atoms with van der Waals surface area (Å²) in [5.41, 5.74) is 18.6. The summed E-state index contributed by atoms with van der Waals surface area (Å²) in [7, 11) is 0. The molecule has 274 valence electrons. The molecule has 0 fully saturated rings. The summed E-state index contributed by atoms with van der Waals surface area (Å²) in [6, 6.07) is 68.9. The third kappa shape index (κ3) is 5.58. The molecule has 11 rings (SSSR count). The SMILES string of the molecule is CC1(C)c2ccccc2-c2c(-c3ccc(-c4cc(-c5cc(-c6ccccc6)cc(-c6cccc7c6oc6ccccc67)c5)nc(-c5ccccc5)n4)cc3)cccc21. The van der Waals surface area contributed by atoms with Gasteiger partial charge in [-0.25, -0.2) is 9.97 Å². The molecule has 10 aromatic rings. The van der Waals surface area contributed by atoms with Crippen LogP contribution in [-0.4, -0.2) is 9.97 Å². The summed E-state index contributed by atoms with van der Waals surface area (Å²) >= 11 is 0. The van der Waals surface area contributed by atoms with Crippen molar-refractivity contribution in [1.29, 1.82) is 0 Å². The number of furan rings is 1. The van der Waals surface area contributed by atoms with Gasteiger partial charge in [0.25, 0.3) is 0 Å². The maximum Gasteiger partial charge on any atom is 0.160 e. The molecule has 0 saturated heterocycles. The minimum absolute atomic E-state index is 0.0522. The molecule has 0 bridgehead atoms. The predicted molar refractivity (Wildman–Crippen MR) is 239 cm³/mol. The molecule has 1 aliphatic carbocycles. The van der Waals surface area contributed by atoms with Crippen molar-refractivity contribution in [3.63, 3.8) is 0 Å². The highest BCUT2D eigenvalue weighted by molar-refractivity contribution is 6.10. The van der Waals surface area contributed by atoms with Crippen molar-refractivity contribution in [2.45, 2.75) is 19.3 Å². The van der Waals surface area contributed by atoms with Gasteiger partial charge in [-0.1, -0.05) is 178 Å². The third-order valence-corrected chi connectivity index (χ3v) is 11.9. The summed E-state index contributed by atoms with van der Waals surface area (Å²) in [6.45, 7) is 4.67. The minimum Gasteiger partial charge on any atom is -0.455 e. The number of hydrogen-bond donors (Lipinski definition) is 0. The zero-order valence-corrected chi connectivity index (χ0v) is 32.3. The molecule has 3 nitrogen and oxygen atoms in total. The Morgan fingerprint density at radius 3 is 1.76 bits per heavy atom. The van der Waals surface area contributed by atoms with Crippen LogP contribution in [0.25, 0.3) is 100 Å². The van der Waals surface area contributed by atoms with Crippen LogP contribution >= 0.6 is 0 Å². The van der Waals surface area contributed by atoms with E-state index in [2.05, 4.69) is 178 Å². The van der Waals surface area contributed by atoms with Crippen LogP contribution in [-0.2, 0) is 5.41 Å². The van der Waals surface area contributed by atoms with E-state index in [0.717, 1.165) is 72.3 Å². The fourth-order valence-corrected chi connectivity index (χ4v) is 8.98. The van der Waals surface area contributed by atoms with Crippen LogP contribution in [0.2, 0.25) is 0 Å². The number of benzene rings is 8. The van der Waals surface area contributed by atoms with Gasteiger partial charge in [0.1, 0.15) is 11.2 Å². The summed E-state index contributed by atoms with van der Waals surface area (Å²) in [6.07, 6.45) is 0. The molecule has 2 heterocycles. The molecule has 3 heteroatoms. The van der Waals surface area contributed by atoms with E-state index in [1.54, 1.807) is 0 Å². The van der Waals surface area contributed by atoms with Crippen molar-refractivity contribution in [1.82, 2.24) is 9.97 Å². The van der Waals surface area contributed by atoms with E-state index in [4.69, 9.17) is 14.4 Å². The highest BCUT2D eigenvalue weighted by atomic mass is 16.3. The van der Waals surface area contributed by atoms with Gasteiger partial charge in [-0.3, -0.25) is 0 Å². The standard InChI is InChI=1S/C55H38N2O/c1-55(2)47-24-11-9-20-46(47)52-42(21-14-25-48(52)55)36-27-29-37(30-28-36)49-34-50(57-54(56-49)38-17-7-4-8-18-38)41-32-39(35-15-5-3-6-16-35)31-40(33-41)43-22-13-23-45-44-19-10-12-26-51(44)58-53(43)45/h3-34H,1-2H3. The van der Waals surface area contributed by atoms with Crippen LogP contribution in [0.4, 0.5) is 0 Å². The lowest BCUT2D eigenvalue weighted by molar-refractivity contribution is 0.660. The zero-order chi connectivity index (χ0) is 38.8. The van der Waals surface area contributed by atoms with Crippen LogP contribution < -0.4 is 0 Å². The first kappa shape index (κ1) is 33.9. The maximum atomic E-state index is 6.55. The van der Waals surface area contributed by atoms with Gasteiger partial charge in [0, 0.05) is 38.4 Å². The van der Waals surface area contributed by atoms with Crippen molar-refractivity contribution in [2.24, 2.45) is 0 Å². The monoisotopic (exact) mass is 742 g/mol. The van der Waals surface area contributed by atoms with E-state index in [1.807, 2.05) is 30.3 Å². The van der Waals surface area contributed by atoms with Gasteiger partial charge in [0.2, 0.25) is 0 Å². The largest absolute Gasteiger partial charge is 0.455 e. The third-order valence-electron chi connectivity index (χ3n) is 11.9.